The van der Waals surface area contributed by atoms with Gasteiger partial charge in [-0.15, -0.1) is 0 Å². The van der Waals surface area contributed by atoms with Gasteiger partial charge in [0.05, 0.1) is 28.2 Å². The number of amides is 1. The number of carbonyl (C=O) groups is 1. The van der Waals surface area contributed by atoms with E-state index in [-0.39, 0.29) is 5.56 Å². The van der Waals surface area contributed by atoms with Gasteiger partial charge in [-0.3, -0.25) is 14.2 Å². The number of nitrogens with zero attached hydrogens (tertiary/aromatic N) is 2. The van der Waals surface area contributed by atoms with Crippen molar-refractivity contribution in [3.8, 4) is 5.69 Å². The van der Waals surface area contributed by atoms with Gasteiger partial charge in [-0.25, -0.2) is 4.98 Å². The van der Waals surface area contributed by atoms with Gasteiger partial charge >= 0.3 is 6.18 Å². The Morgan fingerprint density at radius 3 is 2.44 bits per heavy atom. The highest BCUT2D eigenvalue weighted by Gasteiger charge is 2.30. The topological polar surface area (TPSA) is 64.0 Å². The number of benzene rings is 3. The zero-order chi connectivity index (χ0) is 22.9. The van der Waals surface area contributed by atoms with Crippen LogP contribution in [0.2, 0.25) is 0 Å². The van der Waals surface area contributed by atoms with Crippen molar-refractivity contribution in [2.24, 2.45) is 0 Å². The van der Waals surface area contributed by atoms with E-state index in [2.05, 4.69) is 10.3 Å². The minimum atomic E-state index is -4.45. The van der Waals surface area contributed by atoms with Crippen LogP contribution < -0.4 is 10.9 Å². The fourth-order valence-corrected chi connectivity index (χ4v) is 3.37. The summed E-state index contributed by atoms with van der Waals surface area (Å²) in [6, 6.07) is 17.5. The Bertz CT molecular complexity index is 1350. The van der Waals surface area contributed by atoms with E-state index in [0.29, 0.717) is 27.7 Å². The zero-order valence-electron chi connectivity index (χ0n) is 16.9. The predicted octanol–water partition coefficient (Wildman–Crippen LogP) is 4.90. The van der Waals surface area contributed by atoms with E-state index in [0.717, 1.165) is 12.1 Å². The van der Waals surface area contributed by atoms with Gasteiger partial charge < -0.3 is 5.32 Å². The number of alkyl halides is 3. The van der Waals surface area contributed by atoms with E-state index in [9.17, 15) is 22.8 Å². The smallest absolute Gasteiger partial charge is 0.346 e. The molecular formula is C24H18F3N3O2. The molecule has 0 aliphatic rings. The lowest BCUT2D eigenvalue weighted by Gasteiger charge is -2.16. The van der Waals surface area contributed by atoms with Crippen molar-refractivity contribution in [3.63, 3.8) is 0 Å². The summed E-state index contributed by atoms with van der Waals surface area (Å²) < 4.78 is 40.2. The van der Waals surface area contributed by atoms with E-state index < -0.39 is 23.7 Å². The molecule has 0 aliphatic heterocycles. The first-order chi connectivity index (χ1) is 15.2. The molecule has 1 aromatic heterocycles. The first kappa shape index (κ1) is 21.3. The van der Waals surface area contributed by atoms with E-state index in [1.54, 1.807) is 55.5 Å². The Hall–Kier alpha value is -3.94. The third kappa shape index (κ3) is 4.25. The Morgan fingerprint density at radius 2 is 1.72 bits per heavy atom. The number of rotatable bonds is 4. The van der Waals surface area contributed by atoms with Gasteiger partial charge in [0.15, 0.2) is 0 Å². The first-order valence-corrected chi connectivity index (χ1v) is 9.79. The lowest BCUT2D eigenvalue weighted by atomic mass is 10.0. The summed E-state index contributed by atoms with van der Waals surface area (Å²) in [5, 5.41) is 3.18. The van der Waals surface area contributed by atoms with Crippen molar-refractivity contribution < 1.29 is 18.0 Å². The molecule has 162 valence electrons. The Kier molecular flexibility index (Phi) is 5.52. The maximum absolute atomic E-state index is 12.9. The molecule has 0 bridgehead atoms. The van der Waals surface area contributed by atoms with Crippen LogP contribution >= 0.6 is 0 Å². The molecule has 3 aromatic carbocycles. The maximum Gasteiger partial charge on any atom is 0.416 e. The summed E-state index contributed by atoms with van der Waals surface area (Å²) >= 11 is 0. The van der Waals surface area contributed by atoms with Gasteiger partial charge in [-0.1, -0.05) is 24.3 Å². The lowest BCUT2D eigenvalue weighted by molar-refractivity contribution is -0.137. The number of hydrogen-bond donors (Lipinski definition) is 1. The molecule has 1 atom stereocenters. The summed E-state index contributed by atoms with van der Waals surface area (Å²) in [5.41, 5.74) is 0.790. The molecule has 8 heteroatoms. The van der Waals surface area contributed by atoms with Gasteiger partial charge in [0.1, 0.15) is 6.33 Å². The normalized spacial score (nSPS) is 12.5. The number of carbonyl (C=O) groups excluding carboxylic acids is 1. The number of fused-ring (bicyclic) bond motifs is 1. The van der Waals surface area contributed by atoms with Crippen LogP contribution in [0.1, 0.15) is 34.5 Å². The Morgan fingerprint density at radius 1 is 1.00 bits per heavy atom. The van der Waals surface area contributed by atoms with Crippen molar-refractivity contribution in [2.45, 2.75) is 19.1 Å². The first-order valence-electron chi connectivity index (χ1n) is 9.79. The number of hydrogen-bond acceptors (Lipinski definition) is 3. The van der Waals surface area contributed by atoms with Crippen LogP contribution in [0.5, 0.6) is 0 Å². The molecule has 32 heavy (non-hydrogen) atoms. The minimum Gasteiger partial charge on any atom is -0.346 e. The SMILES string of the molecule is CC(NC(=O)c1ccc(-n2cnc3ccccc3c2=O)cc1)c1cccc(C(F)(F)F)c1. The van der Waals surface area contributed by atoms with Crippen LogP contribution in [0, 0.1) is 0 Å². The largest absolute Gasteiger partial charge is 0.416 e. The second-order valence-corrected chi connectivity index (χ2v) is 7.30. The van der Waals surface area contributed by atoms with Gasteiger partial charge in [0, 0.05) is 5.56 Å². The molecule has 1 heterocycles. The molecule has 1 N–H and O–H groups in total. The van der Waals surface area contributed by atoms with Crippen LogP contribution in [0.25, 0.3) is 16.6 Å². The van der Waals surface area contributed by atoms with Crippen LogP contribution in [0.4, 0.5) is 13.2 Å². The van der Waals surface area contributed by atoms with Crippen LogP contribution in [-0.2, 0) is 6.18 Å². The molecule has 1 amide bonds. The Balaban J connectivity index is 1.53. The van der Waals surface area contributed by atoms with E-state index in [1.807, 2.05) is 0 Å². The van der Waals surface area contributed by atoms with E-state index in [4.69, 9.17) is 0 Å². The van der Waals surface area contributed by atoms with Gasteiger partial charge in [-0.2, -0.15) is 13.2 Å². The summed E-state index contributed by atoms with van der Waals surface area (Å²) in [6.07, 6.45) is -3.03. The molecule has 0 aliphatic carbocycles. The van der Waals surface area contributed by atoms with Crippen LogP contribution in [-0.4, -0.2) is 15.5 Å². The van der Waals surface area contributed by atoms with Crippen LogP contribution in [0.15, 0.2) is 83.9 Å². The third-order valence-electron chi connectivity index (χ3n) is 5.13. The van der Waals surface area contributed by atoms with Crippen molar-refractivity contribution in [3.05, 3.63) is 106 Å². The van der Waals surface area contributed by atoms with Gasteiger partial charge in [-0.05, 0) is 61.0 Å². The number of para-hydroxylation sites is 1. The van der Waals surface area contributed by atoms with Crippen molar-refractivity contribution in [1.29, 1.82) is 0 Å². The van der Waals surface area contributed by atoms with Crippen molar-refractivity contribution in [2.75, 3.05) is 0 Å². The maximum atomic E-state index is 12.9. The molecule has 5 nitrogen and oxygen atoms in total. The van der Waals surface area contributed by atoms with Gasteiger partial charge in [0.25, 0.3) is 11.5 Å². The summed E-state index contributed by atoms with van der Waals surface area (Å²) in [4.78, 5) is 29.6. The highest BCUT2D eigenvalue weighted by atomic mass is 19.4. The highest BCUT2D eigenvalue weighted by molar-refractivity contribution is 5.94. The summed E-state index contributed by atoms with van der Waals surface area (Å²) in [6.45, 7) is 1.61. The van der Waals surface area contributed by atoms with Crippen molar-refractivity contribution in [1.82, 2.24) is 14.9 Å². The van der Waals surface area contributed by atoms with E-state index >= 15 is 0 Å². The van der Waals surface area contributed by atoms with Crippen LogP contribution in [0.3, 0.4) is 0 Å². The molecule has 0 saturated heterocycles. The second-order valence-electron chi connectivity index (χ2n) is 7.30. The standard InChI is InChI=1S/C24H18F3N3O2/c1-15(17-5-4-6-18(13-17)24(25,26)27)29-22(31)16-9-11-19(12-10-16)30-14-28-21-8-3-2-7-20(21)23(30)32/h2-15H,1H3,(H,29,31). The molecule has 4 rings (SSSR count). The molecule has 0 fully saturated rings. The lowest BCUT2D eigenvalue weighted by Crippen LogP contribution is -2.27. The molecular weight excluding hydrogens is 419 g/mol. The van der Waals surface area contributed by atoms with Crippen molar-refractivity contribution >= 4 is 16.8 Å². The number of nitrogens with one attached hydrogen (secondary N) is 1. The second kappa shape index (κ2) is 8.30. The van der Waals surface area contributed by atoms with Gasteiger partial charge in [0.2, 0.25) is 0 Å². The quantitative estimate of drug-likeness (QED) is 0.494. The highest BCUT2D eigenvalue weighted by Crippen LogP contribution is 2.30. The average molecular weight is 437 g/mol. The summed E-state index contributed by atoms with van der Waals surface area (Å²) in [7, 11) is 0. The monoisotopic (exact) mass is 437 g/mol. The molecule has 4 aromatic rings. The molecule has 1 unspecified atom stereocenters. The molecule has 0 spiro atoms. The fourth-order valence-electron chi connectivity index (χ4n) is 3.37. The number of aromatic nitrogens is 2. The van der Waals surface area contributed by atoms with E-state index in [1.165, 1.54) is 23.0 Å². The minimum absolute atomic E-state index is 0.231. The third-order valence-corrected chi connectivity index (χ3v) is 5.13. The summed E-state index contributed by atoms with van der Waals surface area (Å²) in [5.74, 6) is -0.439. The fraction of sp³-hybridized carbons (Fsp3) is 0.125. The zero-order valence-corrected chi connectivity index (χ0v) is 16.9. The predicted molar refractivity (Wildman–Crippen MR) is 115 cm³/mol. The molecule has 0 saturated carbocycles. The Labute approximate surface area is 181 Å². The number of halogens is 3. The average Bonchev–Trinajstić information content (AvgIpc) is 2.79. The molecule has 0 radical (unpaired) electrons.